The van der Waals surface area contributed by atoms with E-state index >= 15 is 0 Å². The molecule has 0 unspecified atom stereocenters. The van der Waals surface area contributed by atoms with Crippen LogP contribution < -0.4 is 11.2 Å². The number of urea groups is 1. The van der Waals surface area contributed by atoms with Gasteiger partial charge in [-0.1, -0.05) is 12.1 Å². The zero-order chi connectivity index (χ0) is 13.1. The molecule has 1 aromatic rings. The highest BCUT2D eigenvalue weighted by atomic mass is 19.4. The highest BCUT2D eigenvalue weighted by Gasteiger charge is 2.29. The summed E-state index contributed by atoms with van der Waals surface area (Å²) in [6.45, 7) is 1.54. The van der Waals surface area contributed by atoms with E-state index in [1.807, 2.05) is 5.43 Å². The molecular weight excluding hydrogens is 235 g/mol. The molecule has 0 aliphatic rings. The minimum absolute atomic E-state index is 0.359. The molecule has 3 N–H and O–H groups in total. The van der Waals surface area contributed by atoms with E-state index in [0.29, 0.717) is 11.3 Å². The lowest BCUT2D eigenvalue weighted by Crippen LogP contribution is -2.25. The second-order valence-corrected chi connectivity index (χ2v) is 3.25. The summed E-state index contributed by atoms with van der Waals surface area (Å²) in [7, 11) is 0. The number of rotatable bonds is 2. The number of carbonyl (C=O) groups excluding carboxylic acids is 1. The van der Waals surface area contributed by atoms with Crippen LogP contribution in [0.5, 0.6) is 0 Å². The first kappa shape index (κ1) is 13.0. The van der Waals surface area contributed by atoms with Crippen LogP contribution >= 0.6 is 0 Å². The molecule has 0 aromatic heterocycles. The zero-order valence-corrected chi connectivity index (χ0v) is 8.88. The molecule has 0 spiro atoms. The maximum atomic E-state index is 12.3. The average Bonchev–Trinajstić information content (AvgIpc) is 2.25. The summed E-state index contributed by atoms with van der Waals surface area (Å²) in [6, 6.07) is 3.59. The number of halogens is 3. The van der Waals surface area contributed by atoms with E-state index in [1.165, 1.54) is 12.1 Å². The number of nitrogens with zero attached hydrogens (tertiary/aromatic N) is 1. The van der Waals surface area contributed by atoms with Crippen molar-refractivity contribution in [2.45, 2.75) is 13.1 Å². The highest BCUT2D eigenvalue weighted by Crippen LogP contribution is 2.29. The van der Waals surface area contributed by atoms with Crippen molar-refractivity contribution in [3.05, 3.63) is 35.4 Å². The van der Waals surface area contributed by atoms with E-state index in [9.17, 15) is 18.0 Å². The number of nitrogens with one attached hydrogen (secondary N) is 1. The second kappa shape index (κ2) is 4.86. The SMILES string of the molecule is C/C(=N/NC(N)=O)c1ccc(C(F)(F)F)cc1. The number of primary amides is 1. The number of hydrogen-bond donors (Lipinski definition) is 2. The quantitative estimate of drug-likeness (QED) is 0.608. The lowest BCUT2D eigenvalue weighted by atomic mass is 10.1. The Kier molecular flexibility index (Phi) is 3.72. The first-order chi connectivity index (χ1) is 7.80. The van der Waals surface area contributed by atoms with Gasteiger partial charge in [-0.2, -0.15) is 18.3 Å². The third kappa shape index (κ3) is 3.78. The molecule has 17 heavy (non-hydrogen) atoms. The fraction of sp³-hybridized carbons (Fsp3) is 0.200. The minimum Gasteiger partial charge on any atom is -0.350 e. The number of hydrazone groups is 1. The van der Waals surface area contributed by atoms with E-state index in [-0.39, 0.29) is 0 Å². The number of benzene rings is 1. The van der Waals surface area contributed by atoms with Gasteiger partial charge in [0.05, 0.1) is 11.3 Å². The molecule has 1 aromatic carbocycles. The lowest BCUT2D eigenvalue weighted by Gasteiger charge is -2.07. The Hall–Kier alpha value is -2.05. The Balaban J connectivity index is 2.88. The molecule has 0 heterocycles. The van der Waals surface area contributed by atoms with Gasteiger partial charge in [0.2, 0.25) is 0 Å². The first-order valence-electron chi connectivity index (χ1n) is 4.58. The maximum absolute atomic E-state index is 12.3. The molecule has 2 amide bonds. The Bertz CT molecular complexity index is 437. The van der Waals surface area contributed by atoms with Gasteiger partial charge in [0.15, 0.2) is 0 Å². The van der Waals surface area contributed by atoms with Crippen LogP contribution in [0.2, 0.25) is 0 Å². The van der Waals surface area contributed by atoms with E-state index in [4.69, 9.17) is 5.73 Å². The Morgan fingerprint density at radius 1 is 1.29 bits per heavy atom. The lowest BCUT2D eigenvalue weighted by molar-refractivity contribution is -0.137. The van der Waals surface area contributed by atoms with Gasteiger partial charge in [-0.15, -0.1) is 0 Å². The second-order valence-electron chi connectivity index (χ2n) is 3.25. The summed E-state index contributed by atoms with van der Waals surface area (Å²) < 4.78 is 36.8. The average molecular weight is 245 g/mol. The summed E-state index contributed by atoms with van der Waals surface area (Å²) in [5, 5.41) is 3.60. The van der Waals surface area contributed by atoms with E-state index in [1.54, 1.807) is 6.92 Å². The van der Waals surface area contributed by atoms with Crippen molar-refractivity contribution in [1.82, 2.24) is 5.43 Å². The maximum Gasteiger partial charge on any atom is 0.416 e. The number of alkyl halides is 3. The predicted octanol–water partition coefficient (Wildman–Crippen LogP) is 2.10. The van der Waals surface area contributed by atoms with Gasteiger partial charge in [-0.3, -0.25) is 0 Å². The summed E-state index contributed by atoms with van der Waals surface area (Å²) in [4.78, 5) is 10.4. The van der Waals surface area contributed by atoms with Gasteiger partial charge in [0.25, 0.3) is 0 Å². The third-order valence-electron chi connectivity index (χ3n) is 1.96. The normalized spacial score (nSPS) is 12.4. The Morgan fingerprint density at radius 2 is 1.82 bits per heavy atom. The summed E-state index contributed by atoms with van der Waals surface area (Å²) >= 11 is 0. The molecule has 0 fully saturated rings. The van der Waals surface area contributed by atoms with Crippen molar-refractivity contribution >= 4 is 11.7 Å². The van der Waals surface area contributed by atoms with Crippen molar-refractivity contribution in [2.75, 3.05) is 0 Å². The molecular formula is C10H10F3N3O. The van der Waals surface area contributed by atoms with E-state index in [2.05, 4.69) is 5.10 Å². The van der Waals surface area contributed by atoms with Gasteiger partial charge in [0.1, 0.15) is 0 Å². The topological polar surface area (TPSA) is 67.5 Å². The molecule has 1 rings (SSSR count). The van der Waals surface area contributed by atoms with Crippen LogP contribution in [0.25, 0.3) is 0 Å². The standard InChI is InChI=1S/C10H10F3N3O/c1-6(15-16-9(14)17)7-2-4-8(5-3-7)10(11,12)13/h2-5H,1H3,(H3,14,16,17)/b15-6-. The molecule has 0 radical (unpaired) electrons. The van der Waals surface area contributed by atoms with Gasteiger partial charge >= 0.3 is 12.2 Å². The Morgan fingerprint density at radius 3 is 2.24 bits per heavy atom. The van der Waals surface area contributed by atoms with Crippen LogP contribution in [-0.4, -0.2) is 11.7 Å². The van der Waals surface area contributed by atoms with Crippen molar-refractivity contribution in [1.29, 1.82) is 0 Å². The number of amides is 2. The number of nitrogens with two attached hydrogens (primary N) is 1. The van der Waals surface area contributed by atoms with Crippen molar-refractivity contribution in [3.63, 3.8) is 0 Å². The van der Waals surface area contributed by atoms with Crippen LogP contribution in [0.15, 0.2) is 29.4 Å². The summed E-state index contributed by atoms with van der Waals surface area (Å²) in [6.07, 6.45) is -4.37. The van der Waals surface area contributed by atoms with E-state index < -0.39 is 17.8 Å². The molecule has 0 aliphatic carbocycles. The zero-order valence-electron chi connectivity index (χ0n) is 8.88. The predicted molar refractivity (Wildman–Crippen MR) is 56.4 cm³/mol. The van der Waals surface area contributed by atoms with Crippen LogP contribution in [-0.2, 0) is 6.18 Å². The van der Waals surface area contributed by atoms with Gasteiger partial charge in [-0.05, 0) is 24.6 Å². The van der Waals surface area contributed by atoms with Crippen LogP contribution in [0.4, 0.5) is 18.0 Å². The molecule has 0 bridgehead atoms. The van der Waals surface area contributed by atoms with Crippen molar-refractivity contribution < 1.29 is 18.0 Å². The van der Waals surface area contributed by atoms with Crippen molar-refractivity contribution in [2.24, 2.45) is 10.8 Å². The molecule has 7 heteroatoms. The summed E-state index contributed by atoms with van der Waals surface area (Å²) in [5.41, 5.74) is 6.87. The summed E-state index contributed by atoms with van der Waals surface area (Å²) in [5.74, 6) is 0. The van der Waals surface area contributed by atoms with E-state index in [0.717, 1.165) is 12.1 Å². The molecule has 0 aliphatic heterocycles. The minimum atomic E-state index is -4.37. The van der Waals surface area contributed by atoms with Gasteiger partial charge in [0, 0.05) is 0 Å². The fourth-order valence-electron chi connectivity index (χ4n) is 1.10. The first-order valence-corrected chi connectivity index (χ1v) is 4.58. The van der Waals surface area contributed by atoms with Crippen molar-refractivity contribution in [3.8, 4) is 0 Å². The van der Waals surface area contributed by atoms with Crippen LogP contribution in [0.1, 0.15) is 18.1 Å². The fourth-order valence-corrected chi connectivity index (χ4v) is 1.10. The van der Waals surface area contributed by atoms with Gasteiger partial charge in [-0.25, -0.2) is 10.2 Å². The molecule has 0 saturated heterocycles. The van der Waals surface area contributed by atoms with Crippen LogP contribution in [0, 0.1) is 0 Å². The highest BCUT2D eigenvalue weighted by molar-refractivity contribution is 5.99. The smallest absolute Gasteiger partial charge is 0.350 e. The van der Waals surface area contributed by atoms with Crippen LogP contribution in [0.3, 0.4) is 0 Å². The molecule has 0 saturated carbocycles. The van der Waals surface area contributed by atoms with Gasteiger partial charge < -0.3 is 5.73 Å². The number of hydrogen-bond acceptors (Lipinski definition) is 2. The third-order valence-corrected chi connectivity index (χ3v) is 1.96. The number of carbonyl (C=O) groups is 1. The molecule has 0 atom stereocenters. The molecule has 92 valence electrons. The molecule has 4 nitrogen and oxygen atoms in total. The largest absolute Gasteiger partial charge is 0.416 e. The monoisotopic (exact) mass is 245 g/mol. The Labute approximate surface area is 95.3 Å².